The normalized spacial score (nSPS) is 19.3. The molecule has 0 bridgehead atoms. The first-order valence-corrected chi connectivity index (χ1v) is 32.9. The van der Waals surface area contributed by atoms with Gasteiger partial charge in [-0.2, -0.15) is 0 Å². The zero-order valence-corrected chi connectivity index (χ0v) is 51.2. The lowest BCUT2D eigenvalue weighted by atomic mass is 9.99. The van der Waals surface area contributed by atoms with Crippen LogP contribution in [-0.2, 0) is 23.8 Å². The maximum absolute atomic E-state index is 13.4. The number of hydrogen-bond acceptors (Lipinski definition) is 10. The lowest BCUT2D eigenvalue weighted by Gasteiger charge is -2.41. The molecule has 1 amide bonds. The summed E-state index contributed by atoms with van der Waals surface area (Å²) < 4.78 is 17.6. The topological polar surface area (TPSA) is 175 Å². The molecule has 8 unspecified atom stereocenters. The number of nitrogens with one attached hydrogen (secondary N) is 1. The first-order valence-electron chi connectivity index (χ1n) is 32.9. The monoisotopic (exact) mass is 1120 g/mol. The van der Waals surface area contributed by atoms with Gasteiger partial charge in [0.2, 0.25) is 5.91 Å². The zero-order valence-electron chi connectivity index (χ0n) is 51.2. The minimum atomic E-state index is -1.62. The van der Waals surface area contributed by atoms with Crippen LogP contribution in [0.2, 0.25) is 0 Å². The molecule has 6 N–H and O–H groups in total. The second-order valence-corrected chi connectivity index (χ2v) is 22.5. The van der Waals surface area contributed by atoms with Crippen LogP contribution in [0.3, 0.4) is 0 Å². The summed E-state index contributed by atoms with van der Waals surface area (Å²) in [5.41, 5.74) is 0. The molecule has 0 aromatic heterocycles. The molecule has 0 radical (unpaired) electrons. The van der Waals surface area contributed by atoms with Crippen molar-refractivity contribution in [2.75, 3.05) is 13.2 Å². The van der Waals surface area contributed by atoms with Crippen LogP contribution in [0.15, 0.2) is 85.1 Å². The smallest absolute Gasteiger partial charge is 0.306 e. The Labute approximate surface area is 489 Å². The molecule has 11 nitrogen and oxygen atoms in total. The van der Waals surface area contributed by atoms with Crippen molar-refractivity contribution in [2.24, 2.45) is 0 Å². The fraction of sp³-hybridized carbons (Fsp3) is 0.768. The van der Waals surface area contributed by atoms with Crippen molar-refractivity contribution in [3.05, 3.63) is 85.1 Å². The van der Waals surface area contributed by atoms with Crippen molar-refractivity contribution in [1.29, 1.82) is 0 Å². The molecular formula is C69H121NO10. The molecule has 1 aliphatic rings. The van der Waals surface area contributed by atoms with Crippen molar-refractivity contribution in [1.82, 2.24) is 5.32 Å². The van der Waals surface area contributed by atoms with E-state index in [9.17, 15) is 35.1 Å². The summed E-state index contributed by atoms with van der Waals surface area (Å²) in [6.07, 6.45) is 63.4. The molecule has 0 aliphatic carbocycles. The maximum atomic E-state index is 13.4. The van der Waals surface area contributed by atoms with Gasteiger partial charge in [-0.25, -0.2) is 0 Å². The molecule has 1 heterocycles. The molecule has 0 spiro atoms. The second-order valence-electron chi connectivity index (χ2n) is 22.5. The molecule has 1 aliphatic heterocycles. The van der Waals surface area contributed by atoms with Gasteiger partial charge in [0.25, 0.3) is 0 Å². The number of rotatable bonds is 55. The number of allylic oxidation sites excluding steroid dienone is 13. The Hall–Kier alpha value is -3.16. The summed E-state index contributed by atoms with van der Waals surface area (Å²) in [6.45, 7) is 5.64. The van der Waals surface area contributed by atoms with E-state index < -0.39 is 67.4 Å². The van der Waals surface area contributed by atoms with Crippen LogP contribution in [0.4, 0.5) is 0 Å². The maximum Gasteiger partial charge on any atom is 0.306 e. The Morgan fingerprint density at radius 2 is 0.900 bits per heavy atom. The molecule has 1 saturated heterocycles. The molecule has 11 heteroatoms. The largest absolute Gasteiger partial charge is 0.454 e. The zero-order chi connectivity index (χ0) is 58.2. The molecule has 80 heavy (non-hydrogen) atoms. The van der Waals surface area contributed by atoms with Gasteiger partial charge in [0, 0.05) is 6.42 Å². The molecule has 462 valence electrons. The van der Waals surface area contributed by atoms with Gasteiger partial charge in [-0.15, -0.1) is 0 Å². The van der Waals surface area contributed by atoms with Crippen LogP contribution in [0.5, 0.6) is 0 Å². The van der Waals surface area contributed by atoms with Crippen LogP contribution in [0.25, 0.3) is 0 Å². The van der Waals surface area contributed by atoms with Crippen LogP contribution in [-0.4, -0.2) is 99.6 Å². The van der Waals surface area contributed by atoms with E-state index in [1.807, 2.05) is 6.08 Å². The Morgan fingerprint density at radius 3 is 1.38 bits per heavy atom. The highest BCUT2D eigenvalue weighted by Crippen LogP contribution is 2.26. The molecule has 0 aromatic rings. The third-order valence-corrected chi connectivity index (χ3v) is 15.0. The number of esters is 1. The number of ether oxygens (including phenoxy) is 3. The van der Waals surface area contributed by atoms with Crippen molar-refractivity contribution < 1.29 is 49.3 Å². The summed E-state index contributed by atoms with van der Waals surface area (Å²) in [5.74, 6) is -1.21. The van der Waals surface area contributed by atoms with Crippen LogP contribution in [0, 0.1) is 0 Å². The predicted octanol–water partition coefficient (Wildman–Crippen LogP) is 16.1. The van der Waals surface area contributed by atoms with E-state index in [1.54, 1.807) is 6.08 Å². The number of unbranched alkanes of at least 4 members (excludes halogenated alkanes) is 29. The first-order chi connectivity index (χ1) is 39.2. The second kappa shape index (κ2) is 56.3. The van der Waals surface area contributed by atoms with E-state index in [-0.39, 0.29) is 19.4 Å². The number of aliphatic hydroxyl groups is 5. The number of amides is 1. The number of aliphatic hydroxyl groups excluding tert-OH is 5. The highest BCUT2D eigenvalue weighted by molar-refractivity contribution is 5.80. The van der Waals surface area contributed by atoms with Crippen molar-refractivity contribution in [2.45, 2.75) is 327 Å². The Morgan fingerprint density at radius 1 is 0.500 bits per heavy atom. The Balaban J connectivity index is 2.58. The summed E-state index contributed by atoms with van der Waals surface area (Å²) in [5, 5.41) is 57.0. The van der Waals surface area contributed by atoms with Crippen molar-refractivity contribution in [3.8, 4) is 0 Å². The van der Waals surface area contributed by atoms with Crippen LogP contribution in [0.1, 0.15) is 278 Å². The van der Waals surface area contributed by atoms with E-state index >= 15 is 0 Å². The van der Waals surface area contributed by atoms with Crippen LogP contribution < -0.4 is 5.32 Å². The molecule has 0 aromatic carbocycles. The number of carbonyl (C=O) groups is 2. The predicted molar refractivity (Wildman–Crippen MR) is 333 cm³/mol. The van der Waals surface area contributed by atoms with E-state index in [4.69, 9.17) is 14.2 Å². The fourth-order valence-electron chi connectivity index (χ4n) is 9.85. The van der Waals surface area contributed by atoms with E-state index in [0.717, 1.165) is 109 Å². The minimum absolute atomic E-state index is 0.112. The summed E-state index contributed by atoms with van der Waals surface area (Å²) in [4.78, 5) is 26.6. The van der Waals surface area contributed by atoms with Gasteiger partial charge in [0.1, 0.15) is 24.4 Å². The number of carbonyl (C=O) groups excluding carboxylic acids is 2. The fourth-order valence-corrected chi connectivity index (χ4v) is 9.85. The quantitative estimate of drug-likeness (QED) is 0.0195. The third kappa shape index (κ3) is 43.5. The lowest BCUT2D eigenvalue weighted by Crippen LogP contribution is -2.61. The average Bonchev–Trinajstić information content (AvgIpc) is 3.46. The molecule has 8 atom stereocenters. The van der Waals surface area contributed by atoms with Gasteiger partial charge in [-0.1, -0.05) is 260 Å². The van der Waals surface area contributed by atoms with E-state index in [2.05, 4.69) is 99.0 Å². The average molecular weight is 1120 g/mol. The molecule has 1 rings (SSSR count). The van der Waals surface area contributed by atoms with Gasteiger partial charge in [-0.3, -0.25) is 9.59 Å². The van der Waals surface area contributed by atoms with E-state index in [1.165, 1.54) is 122 Å². The Kier molecular flexibility index (Phi) is 52.7. The molecule has 1 fully saturated rings. The van der Waals surface area contributed by atoms with Gasteiger partial charge in [0.15, 0.2) is 12.4 Å². The molecule has 0 saturated carbocycles. The van der Waals surface area contributed by atoms with Gasteiger partial charge in [-0.05, 0) is 96.3 Å². The van der Waals surface area contributed by atoms with Crippen molar-refractivity contribution >= 4 is 11.9 Å². The van der Waals surface area contributed by atoms with Gasteiger partial charge in [0.05, 0.1) is 25.4 Å². The van der Waals surface area contributed by atoms with Gasteiger partial charge < -0.3 is 45.1 Å². The lowest BCUT2D eigenvalue weighted by molar-refractivity contribution is -0.305. The summed E-state index contributed by atoms with van der Waals surface area (Å²) >= 11 is 0. The summed E-state index contributed by atoms with van der Waals surface area (Å²) in [7, 11) is 0. The number of hydrogen-bond donors (Lipinski definition) is 6. The highest BCUT2D eigenvalue weighted by Gasteiger charge is 2.47. The standard InChI is InChI=1S/C69H121NO10/c1-4-7-10-13-16-19-22-24-26-27-28-29-30-31-32-33-34-35-36-37-38-41-44-47-50-53-56-62(73)68(77)70-60(61(72)55-52-49-46-43-40-21-18-15-12-9-6-3)59-78-69-67(66(76)65(75)63(58-71)79-69)80-64(74)57-54-51-48-45-42-39-25-23-20-17-14-11-8-5-2/h8,11,16-17,19-20,24,26,28-29,31-32,52,55,60-63,65-67,69,71-73,75-76H,4-7,9-10,12-15,18,21-23,25,27,30,33-51,53-54,56-59H2,1-3H3,(H,70,77)/b11-8+,19-16-,20-17+,26-24-,29-28-,32-31-,55-52+. The van der Waals surface area contributed by atoms with E-state index in [0.29, 0.717) is 12.8 Å². The van der Waals surface area contributed by atoms with Crippen LogP contribution >= 0.6 is 0 Å². The summed E-state index contributed by atoms with van der Waals surface area (Å²) in [6, 6.07) is -1.03. The van der Waals surface area contributed by atoms with Crippen molar-refractivity contribution in [3.63, 3.8) is 0 Å². The Bertz CT molecular complexity index is 1620. The SMILES string of the molecule is CC/C=C/C/C=C/CCCCCCCCCC(=O)OC1C(OCC(NC(=O)C(O)CCCCCCCCCCCC/C=C\C/C=C\C/C=C\C/C=C\CCCCC)C(O)/C=C/CCCCCCCCCCC)OC(CO)C(O)C1O. The minimum Gasteiger partial charge on any atom is -0.454 e. The third-order valence-electron chi connectivity index (χ3n) is 15.0. The first kappa shape index (κ1) is 74.9. The molecular weight excluding hydrogens is 1000 g/mol. The highest BCUT2D eigenvalue weighted by atomic mass is 16.7. The van der Waals surface area contributed by atoms with Gasteiger partial charge >= 0.3 is 5.97 Å².